The molecule has 0 unspecified atom stereocenters. The molecule has 0 radical (unpaired) electrons. The van der Waals surface area contributed by atoms with Crippen molar-refractivity contribution in [3.05, 3.63) is 74.8 Å². The lowest BCUT2D eigenvalue weighted by Crippen LogP contribution is -2.14. The molecule has 0 bridgehead atoms. The maximum Gasteiger partial charge on any atom is 0.271 e. The van der Waals surface area contributed by atoms with Crippen LogP contribution in [-0.4, -0.2) is 14.3 Å². The van der Waals surface area contributed by atoms with Crippen molar-refractivity contribution in [2.75, 3.05) is 10.0 Å². The summed E-state index contributed by atoms with van der Waals surface area (Å²) in [5.41, 5.74) is 0.887. The Morgan fingerprint density at radius 2 is 1.78 bits per heavy atom. The zero-order valence-corrected chi connectivity index (χ0v) is 17.3. The Kier molecular flexibility index (Phi) is 5.85. The van der Waals surface area contributed by atoms with Crippen LogP contribution in [0.3, 0.4) is 0 Å². The number of hydrogen-bond donors (Lipinski definition) is 2. The van der Waals surface area contributed by atoms with Crippen LogP contribution >= 0.6 is 38.9 Å². The second-order valence-electron chi connectivity index (χ2n) is 5.33. The van der Waals surface area contributed by atoms with Crippen molar-refractivity contribution in [3.8, 4) is 0 Å². The number of thiophene rings is 1. The first-order valence-electron chi connectivity index (χ1n) is 7.39. The van der Waals surface area contributed by atoms with Gasteiger partial charge in [-0.05, 0) is 64.5 Å². The molecule has 3 aromatic rings. The van der Waals surface area contributed by atoms with E-state index in [4.69, 9.17) is 11.6 Å². The van der Waals surface area contributed by atoms with E-state index >= 15 is 0 Å². The summed E-state index contributed by atoms with van der Waals surface area (Å²) < 4.78 is 41.1. The number of carbonyl (C=O) groups excluding carboxylic acids is 1. The van der Waals surface area contributed by atoms with E-state index in [1.807, 2.05) is 0 Å². The molecule has 5 nitrogen and oxygen atoms in total. The van der Waals surface area contributed by atoms with Crippen molar-refractivity contribution >= 4 is 66.2 Å². The molecule has 2 aromatic carbocycles. The van der Waals surface area contributed by atoms with Gasteiger partial charge in [0.15, 0.2) is 0 Å². The van der Waals surface area contributed by atoms with Crippen LogP contribution in [0.2, 0.25) is 4.34 Å². The van der Waals surface area contributed by atoms with Gasteiger partial charge in [0, 0.05) is 21.4 Å². The van der Waals surface area contributed by atoms with Crippen molar-refractivity contribution in [2.24, 2.45) is 0 Å². The zero-order valence-electron chi connectivity index (χ0n) is 13.4. The Bertz CT molecular complexity index is 1080. The van der Waals surface area contributed by atoms with Crippen LogP contribution in [0.4, 0.5) is 15.8 Å². The van der Waals surface area contributed by atoms with Gasteiger partial charge >= 0.3 is 0 Å². The lowest BCUT2D eigenvalue weighted by molar-refractivity contribution is 0.102. The molecule has 1 aromatic heterocycles. The molecule has 0 saturated heterocycles. The summed E-state index contributed by atoms with van der Waals surface area (Å²) >= 11 is 9.98. The molecule has 10 heteroatoms. The third-order valence-corrected chi connectivity index (χ3v) is 7.70. The number of rotatable bonds is 5. The van der Waals surface area contributed by atoms with Crippen LogP contribution in [0.25, 0.3) is 0 Å². The van der Waals surface area contributed by atoms with Crippen molar-refractivity contribution in [3.63, 3.8) is 0 Å². The lowest BCUT2D eigenvalue weighted by Gasteiger charge is -2.09. The minimum Gasteiger partial charge on any atom is -0.322 e. The molecule has 0 fully saturated rings. The Hall–Kier alpha value is -1.94. The van der Waals surface area contributed by atoms with Gasteiger partial charge in [-0.2, -0.15) is 0 Å². The molecule has 0 aliphatic rings. The SMILES string of the molecule is O=C(Nc1ccc(F)cc1)c1cccc(NS(=O)(=O)c2cc(Br)c(Cl)s2)c1. The van der Waals surface area contributed by atoms with E-state index in [9.17, 15) is 17.6 Å². The van der Waals surface area contributed by atoms with Crippen LogP contribution in [0.15, 0.2) is 63.3 Å². The molecule has 0 spiro atoms. The molecule has 27 heavy (non-hydrogen) atoms. The minimum atomic E-state index is -3.84. The number of anilines is 2. The first-order valence-corrected chi connectivity index (χ1v) is 10.9. The van der Waals surface area contributed by atoms with E-state index in [0.717, 1.165) is 11.3 Å². The van der Waals surface area contributed by atoms with Crippen molar-refractivity contribution in [1.82, 2.24) is 0 Å². The summed E-state index contributed by atoms with van der Waals surface area (Å²) in [6.07, 6.45) is 0. The molecular formula is C17H11BrClFN2O3S2. The smallest absolute Gasteiger partial charge is 0.271 e. The number of carbonyl (C=O) groups is 1. The molecule has 1 amide bonds. The highest BCUT2D eigenvalue weighted by atomic mass is 79.9. The van der Waals surface area contributed by atoms with Gasteiger partial charge in [0.2, 0.25) is 0 Å². The summed E-state index contributed by atoms with van der Waals surface area (Å²) in [5, 5.41) is 2.61. The summed E-state index contributed by atoms with van der Waals surface area (Å²) in [5.74, 6) is -0.866. The molecular weight excluding hydrogens is 479 g/mol. The number of hydrogen-bond acceptors (Lipinski definition) is 4. The monoisotopic (exact) mass is 488 g/mol. The number of benzene rings is 2. The lowest BCUT2D eigenvalue weighted by atomic mass is 10.2. The first kappa shape index (κ1) is 19.8. The Labute approximate surface area is 172 Å². The maximum atomic E-state index is 12.9. The van der Waals surface area contributed by atoms with Gasteiger partial charge in [0.1, 0.15) is 14.4 Å². The molecule has 3 rings (SSSR count). The van der Waals surface area contributed by atoms with Gasteiger partial charge in [0.25, 0.3) is 15.9 Å². The van der Waals surface area contributed by atoms with Gasteiger partial charge < -0.3 is 5.32 Å². The molecule has 0 saturated carbocycles. The standard InChI is InChI=1S/C17H11BrClFN2O3S2/c18-14-9-15(26-16(14)19)27(24,25)22-13-3-1-2-10(8-13)17(23)21-12-6-4-11(20)5-7-12/h1-9,22H,(H,21,23). The van der Waals surface area contributed by atoms with Crippen LogP contribution < -0.4 is 10.0 Å². The van der Waals surface area contributed by atoms with Gasteiger partial charge in [-0.15, -0.1) is 11.3 Å². The molecule has 1 heterocycles. The van der Waals surface area contributed by atoms with Crippen LogP contribution in [0, 0.1) is 5.82 Å². The fraction of sp³-hybridized carbons (Fsp3) is 0. The topological polar surface area (TPSA) is 75.3 Å². The molecule has 0 aliphatic heterocycles. The molecule has 140 valence electrons. The minimum absolute atomic E-state index is 0.0422. The normalized spacial score (nSPS) is 11.2. The zero-order chi connectivity index (χ0) is 19.6. The average Bonchev–Trinajstić information content (AvgIpc) is 2.97. The Balaban J connectivity index is 1.78. The van der Waals surface area contributed by atoms with E-state index in [-0.39, 0.29) is 15.5 Å². The Morgan fingerprint density at radius 1 is 1.07 bits per heavy atom. The van der Waals surface area contributed by atoms with Crippen molar-refractivity contribution in [2.45, 2.75) is 4.21 Å². The average molecular weight is 490 g/mol. The van der Waals surface area contributed by atoms with E-state index in [1.54, 1.807) is 6.07 Å². The third kappa shape index (κ3) is 4.86. The quantitative estimate of drug-likeness (QED) is 0.507. The van der Waals surface area contributed by atoms with Crippen molar-refractivity contribution in [1.29, 1.82) is 0 Å². The number of sulfonamides is 1. The Morgan fingerprint density at radius 3 is 2.41 bits per heavy atom. The van der Waals surface area contributed by atoms with E-state index in [2.05, 4.69) is 26.0 Å². The number of nitrogens with one attached hydrogen (secondary N) is 2. The predicted octanol–water partition coefficient (Wildman–Crippen LogP) is 5.36. The second-order valence-corrected chi connectivity index (χ2v) is 9.75. The van der Waals surface area contributed by atoms with Gasteiger partial charge in [0.05, 0.1) is 0 Å². The van der Waals surface area contributed by atoms with E-state index in [1.165, 1.54) is 48.5 Å². The highest BCUT2D eigenvalue weighted by Crippen LogP contribution is 2.35. The van der Waals surface area contributed by atoms with E-state index < -0.39 is 21.7 Å². The molecule has 2 N–H and O–H groups in total. The van der Waals surface area contributed by atoms with Gasteiger partial charge in [-0.1, -0.05) is 17.7 Å². The van der Waals surface area contributed by atoms with Gasteiger partial charge in [-0.25, -0.2) is 12.8 Å². The van der Waals surface area contributed by atoms with Gasteiger partial charge in [-0.3, -0.25) is 9.52 Å². The van der Waals surface area contributed by atoms with Crippen LogP contribution in [-0.2, 0) is 10.0 Å². The first-order chi connectivity index (χ1) is 12.7. The predicted molar refractivity (Wildman–Crippen MR) is 109 cm³/mol. The van der Waals surface area contributed by atoms with Crippen molar-refractivity contribution < 1.29 is 17.6 Å². The maximum absolute atomic E-state index is 12.9. The number of amides is 1. The summed E-state index contributed by atoms with van der Waals surface area (Å²) in [6, 6.07) is 12.7. The fourth-order valence-electron chi connectivity index (χ4n) is 2.13. The highest BCUT2D eigenvalue weighted by molar-refractivity contribution is 9.10. The second kappa shape index (κ2) is 7.97. The summed E-state index contributed by atoms with van der Waals surface area (Å²) in [6.45, 7) is 0. The van der Waals surface area contributed by atoms with E-state index in [0.29, 0.717) is 14.5 Å². The largest absolute Gasteiger partial charge is 0.322 e. The fourth-order valence-corrected chi connectivity index (χ4v) is 5.48. The van der Waals surface area contributed by atoms with Crippen LogP contribution in [0.1, 0.15) is 10.4 Å². The highest BCUT2D eigenvalue weighted by Gasteiger charge is 2.19. The summed E-state index contributed by atoms with van der Waals surface area (Å²) in [7, 11) is -3.84. The molecule has 0 aliphatic carbocycles. The number of halogens is 3. The van der Waals surface area contributed by atoms with Crippen LogP contribution in [0.5, 0.6) is 0 Å². The summed E-state index contributed by atoms with van der Waals surface area (Å²) in [4.78, 5) is 12.3. The molecule has 0 atom stereocenters. The third-order valence-electron chi connectivity index (χ3n) is 3.37.